The van der Waals surface area contributed by atoms with Crippen molar-refractivity contribution in [3.05, 3.63) is 30.1 Å². The maximum Gasteiger partial charge on any atom is 0.136 e. The summed E-state index contributed by atoms with van der Waals surface area (Å²) in [6.07, 6.45) is 13.1. The number of nitrogens with zero attached hydrogens (tertiary/aromatic N) is 1. The van der Waals surface area contributed by atoms with Gasteiger partial charge in [-0.2, -0.15) is 0 Å². The van der Waals surface area contributed by atoms with Gasteiger partial charge >= 0.3 is 0 Å². The lowest BCUT2D eigenvalue weighted by Crippen LogP contribution is -2.07. The lowest BCUT2D eigenvalue weighted by Gasteiger charge is -2.15. The Hall–Kier alpha value is -1.97. The molecule has 1 fully saturated rings. The fourth-order valence-corrected chi connectivity index (χ4v) is 3.06. The normalized spacial score (nSPS) is 17.5. The number of ether oxygens (including phenoxy) is 1. The van der Waals surface area contributed by atoms with E-state index in [0.29, 0.717) is 6.04 Å². The summed E-state index contributed by atoms with van der Waals surface area (Å²) >= 11 is 0. The average molecular weight is 299 g/mol. The molecule has 1 aliphatic carbocycles. The summed E-state index contributed by atoms with van der Waals surface area (Å²) in [5, 5.41) is 0. The summed E-state index contributed by atoms with van der Waals surface area (Å²) in [5.74, 6) is 0.842. The van der Waals surface area contributed by atoms with Crippen LogP contribution < -0.4 is 4.74 Å². The van der Waals surface area contributed by atoms with Gasteiger partial charge in [0.25, 0.3) is 0 Å². The molecule has 4 heteroatoms. The number of rotatable bonds is 4. The fraction of sp³-hybridized carbons (Fsp3) is 0.500. The van der Waals surface area contributed by atoms with Crippen LogP contribution in [0.3, 0.4) is 0 Å². The zero-order valence-electron chi connectivity index (χ0n) is 13.3. The average Bonchev–Trinajstić information content (AvgIpc) is 3.15. The largest absolute Gasteiger partial charge is 0.495 e. The van der Waals surface area contributed by atoms with Crippen molar-refractivity contribution in [2.75, 3.05) is 7.11 Å². The number of aliphatic imine (C=N–C) groups is 1. The first-order valence-electron chi connectivity index (χ1n) is 8.30. The van der Waals surface area contributed by atoms with Crippen LogP contribution in [0.2, 0.25) is 0 Å². The van der Waals surface area contributed by atoms with E-state index in [2.05, 4.69) is 22.1 Å². The molecule has 0 amide bonds. The Kier molecular flexibility index (Phi) is 4.99. The van der Waals surface area contributed by atoms with Gasteiger partial charge in [-0.3, -0.25) is 4.99 Å². The molecule has 0 saturated heterocycles. The highest BCUT2D eigenvalue weighted by molar-refractivity contribution is 5.79. The first kappa shape index (κ1) is 14.9. The molecule has 2 N–H and O–H groups in total. The molecule has 118 valence electrons. The Bertz CT molecular complexity index is 603. The van der Waals surface area contributed by atoms with Gasteiger partial charge in [-0.05, 0) is 25.0 Å². The molecular weight excluding hydrogens is 274 g/mol. The summed E-state index contributed by atoms with van der Waals surface area (Å²) in [6, 6.07) is 6.64. The smallest absolute Gasteiger partial charge is 0.136 e. The first-order valence-corrected chi connectivity index (χ1v) is 8.30. The summed E-state index contributed by atoms with van der Waals surface area (Å²) < 4.78 is 5.20. The number of hydrogen-bond acceptors (Lipinski definition) is 2. The van der Waals surface area contributed by atoms with Crippen LogP contribution in [0, 0.1) is 0 Å². The SMILES string of the molecule is COc1c[nH]c(-c2ccc(C=NC3CCCCCCC3)[nH]2)c1. The van der Waals surface area contributed by atoms with Gasteiger partial charge in [0.1, 0.15) is 5.75 Å². The molecule has 2 aromatic heterocycles. The summed E-state index contributed by atoms with van der Waals surface area (Å²) in [4.78, 5) is 11.4. The second-order valence-electron chi connectivity index (χ2n) is 6.06. The van der Waals surface area contributed by atoms with E-state index < -0.39 is 0 Å². The van der Waals surface area contributed by atoms with Gasteiger partial charge in [-0.1, -0.05) is 32.1 Å². The van der Waals surface area contributed by atoms with E-state index in [-0.39, 0.29) is 0 Å². The van der Waals surface area contributed by atoms with Gasteiger partial charge in [0.05, 0.1) is 30.2 Å². The monoisotopic (exact) mass is 299 g/mol. The maximum atomic E-state index is 5.20. The lowest BCUT2D eigenvalue weighted by molar-refractivity contribution is 0.415. The third-order valence-electron chi connectivity index (χ3n) is 4.39. The van der Waals surface area contributed by atoms with E-state index in [1.807, 2.05) is 18.5 Å². The molecule has 0 atom stereocenters. The van der Waals surface area contributed by atoms with Crippen LogP contribution in [0.1, 0.15) is 50.6 Å². The minimum Gasteiger partial charge on any atom is -0.495 e. The van der Waals surface area contributed by atoms with Gasteiger partial charge in [0.2, 0.25) is 0 Å². The summed E-state index contributed by atoms with van der Waals surface area (Å²) in [5.41, 5.74) is 3.15. The number of nitrogens with one attached hydrogen (secondary N) is 2. The molecule has 3 rings (SSSR count). The molecule has 22 heavy (non-hydrogen) atoms. The first-order chi connectivity index (χ1) is 10.8. The molecule has 2 aromatic rings. The Morgan fingerprint density at radius 1 is 1.09 bits per heavy atom. The van der Waals surface area contributed by atoms with Crippen LogP contribution in [-0.4, -0.2) is 29.3 Å². The molecule has 0 aromatic carbocycles. The third kappa shape index (κ3) is 3.81. The van der Waals surface area contributed by atoms with Crippen LogP contribution in [0.25, 0.3) is 11.4 Å². The van der Waals surface area contributed by atoms with Crippen molar-refractivity contribution in [3.63, 3.8) is 0 Å². The van der Waals surface area contributed by atoms with Crippen LogP contribution in [0.15, 0.2) is 29.4 Å². The van der Waals surface area contributed by atoms with Gasteiger partial charge in [-0.15, -0.1) is 0 Å². The van der Waals surface area contributed by atoms with E-state index in [9.17, 15) is 0 Å². The number of aromatic nitrogens is 2. The molecule has 0 radical (unpaired) electrons. The van der Waals surface area contributed by atoms with Crippen molar-refractivity contribution in [2.45, 2.75) is 51.0 Å². The van der Waals surface area contributed by atoms with Gasteiger partial charge in [0, 0.05) is 18.5 Å². The van der Waals surface area contributed by atoms with Crippen LogP contribution in [0.5, 0.6) is 5.75 Å². The lowest BCUT2D eigenvalue weighted by atomic mass is 9.97. The molecule has 0 bridgehead atoms. The van der Waals surface area contributed by atoms with E-state index in [0.717, 1.165) is 22.8 Å². The van der Waals surface area contributed by atoms with Crippen LogP contribution in [0.4, 0.5) is 0 Å². The molecule has 0 spiro atoms. The van der Waals surface area contributed by atoms with E-state index in [1.54, 1.807) is 7.11 Å². The minimum absolute atomic E-state index is 0.498. The molecule has 4 nitrogen and oxygen atoms in total. The van der Waals surface area contributed by atoms with E-state index >= 15 is 0 Å². The number of H-pyrrole nitrogens is 2. The molecule has 1 aliphatic rings. The number of methoxy groups -OCH3 is 1. The van der Waals surface area contributed by atoms with Crippen molar-refractivity contribution >= 4 is 6.21 Å². The highest BCUT2D eigenvalue weighted by Gasteiger charge is 2.09. The Morgan fingerprint density at radius 3 is 2.59 bits per heavy atom. The fourth-order valence-electron chi connectivity index (χ4n) is 3.06. The van der Waals surface area contributed by atoms with Crippen LogP contribution in [-0.2, 0) is 0 Å². The highest BCUT2D eigenvalue weighted by Crippen LogP contribution is 2.22. The van der Waals surface area contributed by atoms with Crippen molar-refractivity contribution in [3.8, 4) is 17.1 Å². The second-order valence-corrected chi connectivity index (χ2v) is 6.06. The quantitative estimate of drug-likeness (QED) is 0.799. The Labute approximate surface area is 132 Å². The van der Waals surface area contributed by atoms with Gasteiger partial charge in [-0.25, -0.2) is 0 Å². The van der Waals surface area contributed by atoms with Crippen molar-refractivity contribution in [1.29, 1.82) is 0 Å². The van der Waals surface area contributed by atoms with Crippen molar-refractivity contribution in [2.24, 2.45) is 4.99 Å². The molecule has 0 unspecified atom stereocenters. The van der Waals surface area contributed by atoms with Crippen molar-refractivity contribution < 1.29 is 4.74 Å². The molecular formula is C18H25N3O. The standard InChI is InChI=1S/C18H25N3O/c1-22-16-11-18(20-13-16)17-10-9-15(21-17)12-19-14-7-5-3-2-4-6-8-14/h9-14,20-21H,2-8H2,1H3. The molecule has 0 aliphatic heterocycles. The second kappa shape index (κ2) is 7.34. The van der Waals surface area contributed by atoms with E-state index in [4.69, 9.17) is 9.73 Å². The topological polar surface area (TPSA) is 53.2 Å². The Balaban J connectivity index is 1.64. The molecule has 1 saturated carbocycles. The molecule has 2 heterocycles. The Morgan fingerprint density at radius 2 is 1.86 bits per heavy atom. The number of hydrogen-bond donors (Lipinski definition) is 2. The maximum absolute atomic E-state index is 5.20. The minimum atomic E-state index is 0.498. The summed E-state index contributed by atoms with van der Waals surface area (Å²) in [7, 11) is 1.68. The van der Waals surface area contributed by atoms with Gasteiger partial charge in [0.15, 0.2) is 0 Å². The zero-order valence-corrected chi connectivity index (χ0v) is 13.3. The zero-order chi connectivity index (χ0) is 15.2. The number of aromatic amines is 2. The van der Waals surface area contributed by atoms with Gasteiger partial charge < -0.3 is 14.7 Å². The predicted octanol–water partition coefficient (Wildman–Crippen LogP) is 4.55. The van der Waals surface area contributed by atoms with E-state index in [1.165, 1.54) is 44.9 Å². The third-order valence-corrected chi connectivity index (χ3v) is 4.39. The van der Waals surface area contributed by atoms with Crippen molar-refractivity contribution in [1.82, 2.24) is 9.97 Å². The van der Waals surface area contributed by atoms with Crippen LogP contribution >= 0.6 is 0 Å². The highest BCUT2D eigenvalue weighted by atomic mass is 16.5. The predicted molar refractivity (Wildman–Crippen MR) is 90.8 cm³/mol. The summed E-state index contributed by atoms with van der Waals surface area (Å²) in [6.45, 7) is 0.